The Labute approximate surface area is 212 Å². The summed E-state index contributed by atoms with van der Waals surface area (Å²) in [6, 6.07) is 20.3. The molecule has 2 amide bonds. The van der Waals surface area contributed by atoms with Crippen molar-refractivity contribution in [2.75, 3.05) is 11.5 Å². The molecule has 2 aliphatic heterocycles. The van der Waals surface area contributed by atoms with Crippen molar-refractivity contribution >= 4 is 44.9 Å². The van der Waals surface area contributed by atoms with Crippen molar-refractivity contribution in [2.24, 2.45) is 0 Å². The van der Waals surface area contributed by atoms with E-state index in [1.54, 1.807) is 60.7 Å². The Bertz CT molecular complexity index is 1600. The molecule has 5 rings (SSSR count). The van der Waals surface area contributed by atoms with Gasteiger partial charge in [-0.05, 0) is 42.3 Å². The van der Waals surface area contributed by atoms with E-state index in [0.29, 0.717) is 27.7 Å². The summed E-state index contributed by atoms with van der Waals surface area (Å²) in [4.78, 5) is 28.0. The Kier molecular flexibility index (Phi) is 6.12. The van der Waals surface area contributed by atoms with E-state index < -0.39 is 27.7 Å². The Morgan fingerprint density at radius 3 is 2.39 bits per heavy atom. The van der Waals surface area contributed by atoms with E-state index in [4.69, 9.17) is 16.0 Å². The number of nitrogens with zero attached hydrogens (tertiary/aromatic N) is 2. The molecule has 7 nitrogen and oxygen atoms in total. The van der Waals surface area contributed by atoms with Crippen molar-refractivity contribution in [1.82, 2.24) is 4.90 Å². The maximum Gasteiger partial charge on any atom is 0.272 e. The smallest absolute Gasteiger partial charge is 0.272 e. The topological polar surface area (TPSA) is 108 Å². The van der Waals surface area contributed by atoms with E-state index in [0.717, 1.165) is 4.90 Å². The molecule has 0 spiro atoms. The molecule has 0 N–H and O–H groups in total. The molecule has 0 saturated carbocycles. The van der Waals surface area contributed by atoms with E-state index in [1.165, 1.54) is 6.08 Å². The van der Waals surface area contributed by atoms with Crippen LogP contribution in [-0.2, 0) is 19.4 Å². The van der Waals surface area contributed by atoms with Crippen molar-refractivity contribution in [3.05, 3.63) is 94.2 Å². The number of imide groups is 1. The lowest BCUT2D eigenvalue weighted by molar-refractivity contribution is -0.142. The number of carbonyl (C=O) groups excluding carboxylic acids is 2. The fraction of sp³-hybridized carbons (Fsp3) is 0.148. The van der Waals surface area contributed by atoms with Crippen LogP contribution in [0.2, 0.25) is 5.02 Å². The van der Waals surface area contributed by atoms with Gasteiger partial charge >= 0.3 is 0 Å². The summed E-state index contributed by atoms with van der Waals surface area (Å²) < 4.78 is 30.2. The predicted octanol–water partition coefficient (Wildman–Crippen LogP) is 4.52. The van der Waals surface area contributed by atoms with Crippen LogP contribution in [0.4, 0.5) is 0 Å². The fourth-order valence-corrected chi connectivity index (χ4v) is 6.45. The second kappa shape index (κ2) is 9.26. The maximum atomic E-state index is 13.8. The third kappa shape index (κ3) is 4.28. The summed E-state index contributed by atoms with van der Waals surface area (Å²) >= 11 is 6.29. The number of hydrogen-bond donors (Lipinski definition) is 0. The third-order valence-electron chi connectivity index (χ3n) is 6.20. The summed E-state index contributed by atoms with van der Waals surface area (Å²) in [7, 11) is -3.38. The SMILES string of the molecule is N#CC1=C(c2ccccc2)/C(=C/c2ccc(-c3ccccc3Cl)o2)C(=O)N([C@@H]2CCS(=O)(=O)C2)C1=O. The van der Waals surface area contributed by atoms with Gasteiger partial charge in [0.05, 0.1) is 28.1 Å². The lowest BCUT2D eigenvalue weighted by Crippen LogP contribution is -2.49. The molecule has 0 radical (unpaired) electrons. The second-order valence-corrected chi connectivity index (χ2v) is 11.1. The number of benzene rings is 2. The van der Waals surface area contributed by atoms with Gasteiger partial charge in [-0.15, -0.1) is 0 Å². The van der Waals surface area contributed by atoms with Crippen LogP contribution in [-0.4, -0.2) is 42.7 Å². The standard InChI is InChI=1S/C27H19ClN2O5S/c28-23-9-5-4-8-20(23)24-11-10-19(35-24)14-21-25(17-6-2-1-3-7-17)22(15-29)27(32)30(26(21)31)18-12-13-36(33,34)16-18/h1-11,14,18H,12-13,16H2/b21-14-/t18-/m1/s1. The molecule has 2 aromatic carbocycles. The minimum absolute atomic E-state index is 0.0710. The largest absolute Gasteiger partial charge is 0.457 e. The molecule has 2 aliphatic rings. The highest BCUT2D eigenvalue weighted by Gasteiger charge is 2.45. The van der Waals surface area contributed by atoms with Crippen LogP contribution in [0.15, 0.2) is 82.3 Å². The van der Waals surface area contributed by atoms with Crippen molar-refractivity contribution in [1.29, 1.82) is 5.26 Å². The molecule has 1 fully saturated rings. The van der Waals surface area contributed by atoms with Crippen molar-refractivity contribution < 1.29 is 22.4 Å². The molecule has 0 aliphatic carbocycles. The van der Waals surface area contributed by atoms with Crippen molar-refractivity contribution in [2.45, 2.75) is 12.5 Å². The highest BCUT2D eigenvalue weighted by atomic mass is 35.5. The number of hydrogen-bond acceptors (Lipinski definition) is 6. The number of nitriles is 1. The zero-order chi connectivity index (χ0) is 25.4. The van der Waals surface area contributed by atoms with Gasteiger partial charge in [0.2, 0.25) is 0 Å². The molecule has 1 aromatic heterocycles. The number of furan rings is 1. The van der Waals surface area contributed by atoms with E-state index in [9.17, 15) is 23.3 Å². The molecule has 3 aromatic rings. The van der Waals surface area contributed by atoms with Gasteiger partial charge < -0.3 is 4.42 Å². The lowest BCUT2D eigenvalue weighted by Gasteiger charge is -2.32. The molecule has 180 valence electrons. The number of halogens is 1. The van der Waals surface area contributed by atoms with Crippen LogP contribution in [0.1, 0.15) is 17.7 Å². The van der Waals surface area contributed by atoms with E-state index >= 15 is 0 Å². The average molecular weight is 519 g/mol. The number of carbonyl (C=O) groups is 2. The first kappa shape index (κ1) is 23.8. The monoisotopic (exact) mass is 518 g/mol. The van der Waals surface area contributed by atoms with E-state index in [1.807, 2.05) is 12.1 Å². The first-order valence-electron chi connectivity index (χ1n) is 11.1. The summed E-state index contributed by atoms with van der Waals surface area (Å²) in [5.41, 5.74) is 1.21. The molecule has 36 heavy (non-hydrogen) atoms. The Morgan fingerprint density at radius 1 is 1.00 bits per heavy atom. The lowest BCUT2D eigenvalue weighted by atomic mass is 9.87. The van der Waals surface area contributed by atoms with Crippen LogP contribution < -0.4 is 0 Å². The Hall–Kier alpha value is -3.93. The third-order valence-corrected chi connectivity index (χ3v) is 8.28. The highest BCUT2D eigenvalue weighted by molar-refractivity contribution is 7.91. The van der Waals surface area contributed by atoms with Crippen molar-refractivity contribution in [3.63, 3.8) is 0 Å². The number of rotatable bonds is 4. The second-order valence-electron chi connectivity index (χ2n) is 8.50. The average Bonchev–Trinajstić information content (AvgIpc) is 3.47. The maximum absolute atomic E-state index is 13.8. The minimum atomic E-state index is -3.38. The van der Waals surface area contributed by atoms with Gasteiger partial charge in [0.1, 0.15) is 23.2 Å². The Morgan fingerprint density at radius 2 is 1.72 bits per heavy atom. The summed E-state index contributed by atoms with van der Waals surface area (Å²) in [5, 5.41) is 10.5. The quantitative estimate of drug-likeness (QED) is 0.371. The summed E-state index contributed by atoms with van der Waals surface area (Å²) in [5.74, 6) is -1.12. The van der Waals surface area contributed by atoms with Gasteiger partial charge in [0.25, 0.3) is 11.8 Å². The molecule has 0 bridgehead atoms. The molecule has 1 saturated heterocycles. The summed E-state index contributed by atoms with van der Waals surface area (Å²) in [6.45, 7) is 0. The zero-order valence-corrected chi connectivity index (χ0v) is 20.4. The van der Waals surface area contributed by atoms with Gasteiger partial charge in [-0.25, -0.2) is 8.42 Å². The van der Waals surface area contributed by atoms with E-state index in [2.05, 4.69) is 0 Å². The summed E-state index contributed by atoms with van der Waals surface area (Å²) in [6.07, 6.45) is 1.61. The first-order chi connectivity index (χ1) is 17.3. The Balaban J connectivity index is 1.66. The predicted molar refractivity (Wildman–Crippen MR) is 135 cm³/mol. The molecule has 3 heterocycles. The zero-order valence-electron chi connectivity index (χ0n) is 18.8. The normalized spacial score (nSPS) is 20.7. The van der Waals surface area contributed by atoms with Crippen LogP contribution in [0.3, 0.4) is 0 Å². The number of sulfone groups is 1. The molecular formula is C27H19ClN2O5S. The molecule has 9 heteroatoms. The van der Waals surface area contributed by atoms with Crippen LogP contribution in [0, 0.1) is 11.3 Å². The molecule has 0 unspecified atom stereocenters. The van der Waals surface area contributed by atoms with Crippen molar-refractivity contribution in [3.8, 4) is 17.4 Å². The fourth-order valence-electron chi connectivity index (χ4n) is 4.52. The highest BCUT2D eigenvalue weighted by Crippen LogP contribution is 2.38. The van der Waals surface area contributed by atoms with Crippen LogP contribution >= 0.6 is 11.6 Å². The van der Waals surface area contributed by atoms with Gasteiger partial charge in [0, 0.05) is 11.1 Å². The van der Waals surface area contributed by atoms with Gasteiger partial charge in [-0.1, -0.05) is 54.1 Å². The molecular weight excluding hydrogens is 500 g/mol. The molecule has 1 atom stereocenters. The van der Waals surface area contributed by atoms with Crippen LogP contribution in [0.5, 0.6) is 0 Å². The van der Waals surface area contributed by atoms with Crippen LogP contribution in [0.25, 0.3) is 23.0 Å². The first-order valence-corrected chi connectivity index (χ1v) is 13.3. The van der Waals surface area contributed by atoms with E-state index in [-0.39, 0.29) is 34.6 Å². The van der Waals surface area contributed by atoms with Gasteiger partial charge in [0.15, 0.2) is 9.84 Å². The van der Waals surface area contributed by atoms with Gasteiger partial charge in [-0.2, -0.15) is 5.26 Å². The van der Waals surface area contributed by atoms with Gasteiger partial charge in [-0.3, -0.25) is 14.5 Å². The minimum Gasteiger partial charge on any atom is -0.457 e. The number of amides is 2.